The molecular formula is C23H22F4N2O2. The molecule has 0 fully saturated rings. The van der Waals surface area contributed by atoms with Gasteiger partial charge in [-0.3, -0.25) is 0 Å². The lowest BCUT2D eigenvalue weighted by atomic mass is 10.1. The number of oxazole rings is 1. The highest BCUT2D eigenvalue weighted by atomic mass is 19.4. The summed E-state index contributed by atoms with van der Waals surface area (Å²) in [4.78, 5) is 4.20. The van der Waals surface area contributed by atoms with Crippen molar-refractivity contribution in [2.45, 2.75) is 32.0 Å². The van der Waals surface area contributed by atoms with Gasteiger partial charge in [0.2, 0.25) is 5.89 Å². The highest BCUT2D eigenvalue weighted by Crippen LogP contribution is 2.30. The first-order chi connectivity index (χ1) is 14.8. The van der Waals surface area contributed by atoms with Gasteiger partial charge in [-0.1, -0.05) is 18.2 Å². The zero-order valence-electron chi connectivity index (χ0n) is 16.7. The third-order valence-corrected chi connectivity index (χ3v) is 4.53. The molecule has 0 saturated heterocycles. The van der Waals surface area contributed by atoms with Crippen molar-refractivity contribution < 1.29 is 26.7 Å². The summed E-state index contributed by atoms with van der Waals surface area (Å²) < 4.78 is 62.7. The molecule has 0 aliphatic heterocycles. The molecule has 0 bridgehead atoms. The molecule has 1 aromatic heterocycles. The van der Waals surface area contributed by atoms with E-state index >= 15 is 0 Å². The number of unbranched alkanes of at least 4 members (excludes halogenated alkanes) is 1. The van der Waals surface area contributed by atoms with Crippen molar-refractivity contribution in [1.29, 1.82) is 0 Å². The van der Waals surface area contributed by atoms with Crippen molar-refractivity contribution in [1.82, 2.24) is 4.98 Å². The van der Waals surface area contributed by atoms with Crippen LogP contribution in [0.1, 0.15) is 41.1 Å². The van der Waals surface area contributed by atoms with Gasteiger partial charge < -0.3 is 14.9 Å². The Balaban J connectivity index is 1.54. The van der Waals surface area contributed by atoms with E-state index in [1.165, 1.54) is 24.0 Å². The van der Waals surface area contributed by atoms with Gasteiger partial charge in [-0.15, -0.1) is 0 Å². The van der Waals surface area contributed by atoms with Crippen LogP contribution in [-0.4, -0.2) is 11.5 Å². The Morgan fingerprint density at radius 1 is 1.03 bits per heavy atom. The number of hydrogen-bond acceptors (Lipinski definition) is 4. The molecule has 0 aliphatic rings. The normalized spacial score (nSPS) is 11.9. The van der Waals surface area contributed by atoms with Gasteiger partial charge in [-0.05, 0) is 61.7 Å². The van der Waals surface area contributed by atoms with Crippen LogP contribution in [0.5, 0.6) is 5.75 Å². The molecule has 2 aromatic carbocycles. The second-order valence-electron chi connectivity index (χ2n) is 6.92. The number of aryl methyl sites for hydroxylation is 1. The zero-order chi connectivity index (χ0) is 22.3. The number of benzene rings is 2. The number of nitrogens with two attached hydrogens (primary N) is 1. The maximum Gasteiger partial charge on any atom is 0.416 e. The molecular weight excluding hydrogens is 412 g/mol. The summed E-state index contributed by atoms with van der Waals surface area (Å²) in [6, 6.07) is 10.1. The van der Waals surface area contributed by atoms with Gasteiger partial charge in [-0.2, -0.15) is 13.2 Å². The predicted molar refractivity (Wildman–Crippen MR) is 110 cm³/mol. The number of ether oxygens (including phenoxy) is 1. The Bertz CT molecular complexity index is 1010. The first kappa shape index (κ1) is 22.6. The summed E-state index contributed by atoms with van der Waals surface area (Å²) >= 11 is 0. The molecule has 4 nitrogen and oxygen atoms in total. The largest absolute Gasteiger partial charge is 0.487 e. The van der Waals surface area contributed by atoms with E-state index in [4.69, 9.17) is 14.9 Å². The van der Waals surface area contributed by atoms with Gasteiger partial charge in [0, 0.05) is 11.6 Å². The molecule has 8 heteroatoms. The van der Waals surface area contributed by atoms with Crippen LogP contribution >= 0.6 is 0 Å². The van der Waals surface area contributed by atoms with Crippen LogP contribution in [0.15, 0.2) is 53.1 Å². The molecule has 3 rings (SSSR count). The smallest absolute Gasteiger partial charge is 0.416 e. The number of halogens is 4. The number of alkyl halides is 3. The minimum Gasteiger partial charge on any atom is -0.487 e. The lowest BCUT2D eigenvalue weighted by molar-refractivity contribution is -0.137. The van der Waals surface area contributed by atoms with Gasteiger partial charge in [0.1, 0.15) is 30.1 Å². The Morgan fingerprint density at radius 3 is 2.48 bits per heavy atom. The van der Waals surface area contributed by atoms with Gasteiger partial charge in [0.25, 0.3) is 0 Å². The van der Waals surface area contributed by atoms with E-state index in [-0.39, 0.29) is 18.1 Å². The van der Waals surface area contributed by atoms with Crippen LogP contribution in [0, 0.1) is 5.82 Å². The molecule has 31 heavy (non-hydrogen) atoms. The van der Waals surface area contributed by atoms with Crippen LogP contribution < -0.4 is 10.5 Å². The van der Waals surface area contributed by atoms with Gasteiger partial charge in [0.15, 0.2) is 0 Å². The molecule has 164 valence electrons. The standard InChI is InChI=1S/C23H22F4N2O2/c24-21-13-18(23(25,26)27)8-6-17(21)7-11-22-29-19(15-31-22)14-30-20-9-4-16(5-10-20)3-1-2-12-28/h4-11,13,15H,1-3,12,14,28H2/b11-7+. The van der Waals surface area contributed by atoms with Crippen LogP contribution in [0.2, 0.25) is 0 Å². The minimum absolute atomic E-state index is 0.00412. The Morgan fingerprint density at radius 2 is 1.81 bits per heavy atom. The lowest BCUT2D eigenvalue weighted by Crippen LogP contribution is -2.05. The molecule has 3 aromatic rings. The SMILES string of the molecule is NCCCCc1ccc(OCc2coc(/C=C/c3ccc(C(F)(F)F)cc3F)n2)cc1. The first-order valence-electron chi connectivity index (χ1n) is 9.76. The van der Waals surface area contributed by atoms with Gasteiger partial charge in [0.05, 0.1) is 5.56 Å². The quantitative estimate of drug-likeness (QED) is 0.338. The summed E-state index contributed by atoms with van der Waals surface area (Å²) in [5.74, 6) is -0.102. The Labute approximate surface area is 177 Å². The molecule has 1 heterocycles. The fourth-order valence-corrected chi connectivity index (χ4v) is 2.85. The third kappa shape index (κ3) is 6.68. The Kier molecular flexibility index (Phi) is 7.46. The van der Waals surface area contributed by atoms with Crippen LogP contribution in [-0.2, 0) is 19.2 Å². The predicted octanol–water partition coefficient (Wildman–Crippen LogP) is 5.86. The van der Waals surface area contributed by atoms with Crippen molar-refractivity contribution in [3.05, 3.63) is 82.8 Å². The van der Waals surface area contributed by atoms with E-state index in [2.05, 4.69) is 4.98 Å². The average molecular weight is 434 g/mol. The molecule has 0 amide bonds. The van der Waals surface area contributed by atoms with E-state index in [9.17, 15) is 17.6 Å². The summed E-state index contributed by atoms with van der Waals surface area (Å²) in [6.07, 6.45) is 2.50. The summed E-state index contributed by atoms with van der Waals surface area (Å²) in [5.41, 5.74) is 6.19. The van der Waals surface area contributed by atoms with Crippen molar-refractivity contribution in [2.24, 2.45) is 5.73 Å². The molecule has 0 saturated carbocycles. The topological polar surface area (TPSA) is 61.3 Å². The monoisotopic (exact) mass is 434 g/mol. The molecule has 2 N–H and O–H groups in total. The molecule has 0 spiro atoms. The Hall–Kier alpha value is -3.13. The number of nitrogens with zero attached hydrogens (tertiary/aromatic N) is 1. The minimum atomic E-state index is -4.59. The van der Waals surface area contributed by atoms with Crippen molar-refractivity contribution >= 4 is 12.2 Å². The summed E-state index contributed by atoms with van der Waals surface area (Å²) in [5, 5.41) is 0. The summed E-state index contributed by atoms with van der Waals surface area (Å²) in [6.45, 7) is 0.869. The highest BCUT2D eigenvalue weighted by molar-refractivity contribution is 5.66. The first-order valence-corrected chi connectivity index (χ1v) is 9.76. The van der Waals surface area contributed by atoms with Crippen molar-refractivity contribution in [3.63, 3.8) is 0 Å². The molecule has 0 radical (unpaired) electrons. The van der Waals surface area contributed by atoms with Crippen molar-refractivity contribution in [3.8, 4) is 5.75 Å². The number of aromatic nitrogens is 1. The molecule has 0 atom stereocenters. The van der Waals surface area contributed by atoms with Gasteiger partial charge in [-0.25, -0.2) is 9.37 Å². The van der Waals surface area contributed by atoms with Crippen LogP contribution in [0.4, 0.5) is 17.6 Å². The maximum absolute atomic E-state index is 13.9. The van der Waals surface area contributed by atoms with E-state index in [1.54, 1.807) is 0 Å². The fraction of sp³-hybridized carbons (Fsp3) is 0.261. The van der Waals surface area contributed by atoms with Gasteiger partial charge >= 0.3 is 6.18 Å². The fourth-order valence-electron chi connectivity index (χ4n) is 2.85. The molecule has 0 aliphatic carbocycles. The third-order valence-electron chi connectivity index (χ3n) is 4.53. The zero-order valence-corrected chi connectivity index (χ0v) is 16.7. The summed E-state index contributed by atoms with van der Waals surface area (Å²) in [7, 11) is 0. The van der Waals surface area contributed by atoms with Crippen LogP contribution in [0.3, 0.4) is 0 Å². The van der Waals surface area contributed by atoms with Crippen molar-refractivity contribution in [2.75, 3.05) is 6.54 Å². The number of hydrogen-bond donors (Lipinski definition) is 1. The van der Waals surface area contributed by atoms with E-state index in [0.29, 0.717) is 24.1 Å². The van der Waals surface area contributed by atoms with E-state index in [0.717, 1.165) is 31.4 Å². The lowest BCUT2D eigenvalue weighted by Gasteiger charge is -2.07. The average Bonchev–Trinajstić information content (AvgIpc) is 3.19. The second kappa shape index (κ2) is 10.3. The number of rotatable bonds is 9. The van der Waals surface area contributed by atoms with E-state index < -0.39 is 17.6 Å². The van der Waals surface area contributed by atoms with E-state index in [1.807, 2.05) is 24.3 Å². The van der Waals surface area contributed by atoms with Crippen LogP contribution in [0.25, 0.3) is 12.2 Å². The second-order valence-corrected chi connectivity index (χ2v) is 6.92. The maximum atomic E-state index is 13.9. The molecule has 0 unspecified atom stereocenters. The highest BCUT2D eigenvalue weighted by Gasteiger charge is 2.30.